The van der Waals surface area contributed by atoms with E-state index in [-0.39, 0.29) is 11.9 Å². The molecule has 1 aromatic carbocycles. The second-order valence-electron chi connectivity index (χ2n) is 4.22. The Morgan fingerprint density at radius 1 is 1.47 bits per heavy atom. The molecule has 0 fully saturated rings. The molecular formula is C13H20BrNOS. The van der Waals surface area contributed by atoms with Crippen molar-refractivity contribution in [1.29, 1.82) is 0 Å². The molecule has 0 spiro atoms. The standard InChI is InChI=1S/C13H20BrNOS/c1-9-4-5-11(12(14)6-9)7-15-10(2)13(8-16)17-3/h4-6,10,13,15-16H,7-8H2,1-3H3. The van der Waals surface area contributed by atoms with Gasteiger partial charge < -0.3 is 10.4 Å². The van der Waals surface area contributed by atoms with Crippen LogP contribution in [0, 0.1) is 6.92 Å². The van der Waals surface area contributed by atoms with Crippen molar-refractivity contribution in [1.82, 2.24) is 5.32 Å². The summed E-state index contributed by atoms with van der Waals surface area (Å²) < 4.78 is 1.14. The van der Waals surface area contributed by atoms with Crippen molar-refractivity contribution >= 4 is 27.7 Å². The van der Waals surface area contributed by atoms with Gasteiger partial charge in [-0.2, -0.15) is 11.8 Å². The molecule has 0 aliphatic heterocycles. The fraction of sp³-hybridized carbons (Fsp3) is 0.538. The van der Waals surface area contributed by atoms with Crippen LogP contribution in [-0.2, 0) is 6.54 Å². The van der Waals surface area contributed by atoms with Gasteiger partial charge in [-0.25, -0.2) is 0 Å². The minimum Gasteiger partial charge on any atom is -0.395 e. The van der Waals surface area contributed by atoms with Gasteiger partial charge in [-0.15, -0.1) is 0 Å². The van der Waals surface area contributed by atoms with Gasteiger partial charge in [0.1, 0.15) is 0 Å². The van der Waals surface area contributed by atoms with Gasteiger partial charge in [0.15, 0.2) is 0 Å². The van der Waals surface area contributed by atoms with Gasteiger partial charge in [0.05, 0.1) is 6.61 Å². The third kappa shape index (κ3) is 4.62. The van der Waals surface area contributed by atoms with E-state index in [1.165, 1.54) is 11.1 Å². The average Bonchev–Trinajstić information content (AvgIpc) is 2.29. The van der Waals surface area contributed by atoms with Gasteiger partial charge in [-0.1, -0.05) is 28.1 Å². The maximum absolute atomic E-state index is 9.21. The van der Waals surface area contributed by atoms with E-state index in [2.05, 4.69) is 53.3 Å². The maximum Gasteiger partial charge on any atom is 0.0564 e. The van der Waals surface area contributed by atoms with Gasteiger partial charge in [-0.05, 0) is 37.3 Å². The number of hydrogen-bond donors (Lipinski definition) is 2. The molecule has 96 valence electrons. The lowest BCUT2D eigenvalue weighted by Gasteiger charge is -2.21. The Kier molecular flexibility index (Phi) is 6.55. The van der Waals surface area contributed by atoms with Crippen molar-refractivity contribution in [3.8, 4) is 0 Å². The minimum atomic E-state index is 0.213. The van der Waals surface area contributed by atoms with Gasteiger partial charge in [0.2, 0.25) is 0 Å². The lowest BCUT2D eigenvalue weighted by molar-refractivity contribution is 0.276. The van der Waals surface area contributed by atoms with Crippen LogP contribution in [0.4, 0.5) is 0 Å². The topological polar surface area (TPSA) is 32.3 Å². The third-order valence-electron chi connectivity index (χ3n) is 2.86. The van der Waals surface area contributed by atoms with Gasteiger partial charge in [-0.3, -0.25) is 0 Å². The first-order valence-electron chi connectivity index (χ1n) is 5.70. The van der Waals surface area contributed by atoms with Crippen LogP contribution < -0.4 is 5.32 Å². The Labute approximate surface area is 116 Å². The summed E-state index contributed by atoms with van der Waals surface area (Å²) in [4.78, 5) is 0. The molecule has 17 heavy (non-hydrogen) atoms. The fourth-order valence-electron chi connectivity index (χ4n) is 1.63. The summed E-state index contributed by atoms with van der Waals surface area (Å²) in [7, 11) is 0. The summed E-state index contributed by atoms with van der Waals surface area (Å²) in [6, 6.07) is 6.67. The Balaban J connectivity index is 2.55. The molecule has 2 nitrogen and oxygen atoms in total. The zero-order valence-electron chi connectivity index (χ0n) is 10.5. The minimum absolute atomic E-state index is 0.213. The van der Waals surface area contributed by atoms with E-state index in [4.69, 9.17) is 0 Å². The molecule has 4 heteroatoms. The summed E-state index contributed by atoms with van der Waals surface area (Å²) in [5.74, 6) is 0. The van der Waals surface area contributed by atoms with E-state index in [0.29, 0.717) is 6.04 Å². The van der Waals surface area contributed by atoms with Crippen molar-refractivity contribution < 1.29 is 5.11 Å². The highest BCUT2D eigenvalue weighted by molar-refractivity contribution is 9.10. The van der Waals surface area contributed by atoms with Crippen molar-refractivity contribution in [3.05, 3.63) is 33.8 Å². The van der Waals surface area contributed by atoms with Crippen molar-refractivity contribution in [2.75, 3.05) is 12.9 Å². The highest BCUT2D eigenvalue weighted by Crippen LogP contribution is 2.19. The summed E-state index contributed by atoms with van der Waals surface area (Å²) in [6.07, 6.45) is 2.03. The normalized spacial score (nSPS) is 14.6. The van der Waals surface area contributed by atoms with E-state index in [1.807, 2.05) is 6.26 Å². The molecule has 2 unspecified atom stereocenters. The van der Waals surface area contributed by atoms with Crippen molar-refractivity contribution in [3.63, 3.8) is 0 Å². The molecule has 0 aliphatic rings. The Bertz CT molecular complexity index is 355. The number of aryl methyl sites for hydroxylation is 1. The first-order chi connectivity index (χ1) is 8.08. The number of rotatable bonds is 6. The van der Waals surface area contributed by atoms with E-state index >= 15 is 0 Å². The molecule has 0 radical (unpaired) electrons. The number of halogens is 1. The van der Waals surface area contributed by atoms with Gasteiger partial charge in [0, 0.05) is 22.3 Å². The summed E-state index contributed by atoms with van der Waals surface area (Å²) in [5.41, 5.74) is 2.51. The smallest absolute Gasteiger partial charge is 0.0564 e. The Morgan fingerprint density at radius 3 is 2.71 bits per heavy atom. The zero-order chi connectivity index (χ0) is 12.8. The largest absolute Gasteiger partial charge is 0.395 e. The summed E-state index contributed by atoms with van der Waals surface area (Å²) in [6.45, 7) is 5.23. The number of aliphatic hydroxyl groups is 1. The van der Waals surface area contributed by atoms with Gasteiger partial charge >= 0.3 is 0 Å². The predicted octanol–water partition coefficient (Wildman–Crippen LogP) is 2.96. The van der Waals surface area contributed by atoms with Crippen molar-refractivity contribution in [2.45, 2.75) is 31.7 Å². The highest BCUT2D eigenvalue weighted by atomic mass is 79.9. The second-order valence-corrected chi connectivity index (χ2v) is 6.15. The molecule has 0 aromatic heterocycles. The number of aliphatic hydroxyl groups excluding tert-OH is 1. The second kappa shape index (κ2) is 7.41. The molecule has 0 aliphatic carbocycles. The van der Waals surface area contributed by atoms with Crippen LogP contribution in [0.15, 0.2) is 22.7 Å². The van der Waals surface area contributed by atoms with E-state index in [9.17, 15) is 5.11 Å². The van der Waals surface area contributed by atoms with Gasteiger partial charge in [0.25, 0.3) is 0 Å². The van der Waals surface area contributed by atoms with Crippen molar-refractivity contribution in [2.24, 2.45) is 0 Å². The molecule has 0 saturated carbocycles. The molecule has 2 atom stereocenters. The average molecular weight is 318 g/mol. The number of thioether (sulfide) groups is 1. The quantitative estimate of drug-likeness (QED) is 0.846. The highest BCUT2D eigenvalue weighted by Gasteiger charge is 2.14. The number of hydrogen-bond acceptors (Lipinski definition) is 3. The molecule has 1 rings (SSSR count). The number of nitrogens with one attached hydrogen (secondary N) is 1. The van der Waals surface area contributed by atoms with Crippen LogP contribution >= 0.6 is 27.7 Å². The third-order valence-corrected chi connectivity index (χ3v) is 4.76. The fourth-order valence-corrected chi connectivity index (χ4v) is 2.92. The van der Waals surface area contributed by atoms with Crippen LogP contribution in [0.3, 0.4) is 0 Å². The Hall–Kier alpha value is -0.0300. The van der Waals surface area contributed by atoms with E-state index in [0.717, 1.165) is 11.0 Å². The van der Waals surface area contributed by atoms with E-state index < -0.39 is 0 Å². The molecule has 0 saturated heterocycles. The molecule has 0 heterocycles. The first-order valence-corrected chi connectivity index (χ1v) is 7.78. The summed E-state index contributed by atoms with van der Waals surface area (Å²) >= 11 is 5.27. The number of benzene rings is 1. The van der Waals surface area contributed by atoms with Crippen LogP contribution in [0.1, 0.15) is 18.1 Å². The molecular weight excluding hydrogens is 298 g/mol. The molecule has 0 bridgehead atoms. The van der Waals surface area contributed by atoms with Crippen LogP contribution in [-0.4, -0.2) is 29.3 Å². The molecule has 0 amide bonds. The maximum atomic E-state index is 9.21. The SMILES string of the molecule is CSC(CO)C(C)NCc1ccc(C)cc1Br. The predicted molar refractivity (Wildman–Crippen MR) is 79.6 cm³/mol. The lowest BCUT2D eigenvalue weighted by Crippen LogP contribution is -2.37. The lowest BCUT2D eigenvalue weighted by atomic mass is 10.1. The van der Waals surface area contributed by atoms with E-state index in [1.54, 1.807) is 11.8 Å². The molecule has 2 N–H and O–H groups in total. The van der Waals surface area contributed by atoms with Crippen LogP contribution in [0.25, 0.3) is 0 Å². The first kappa shape index (κ1) is 15.0. The molecule has 1 aromatic rings. The zero-order valence-corrected chi connectivity index (χ0v) is 12.9. The Morgan fingerprint density at radius 2 is 2.18 bits per heavy atom. The van der Waals surface area contributed by atoms with Crippen LogP contribution in [0.2, 0.25) is 0 Å². The monoisotopic (exact) mass is 317 g/mol. The summed E-state index contributed by atoms with van der Waals surface area (Å²) in [5, 5.41) is 12.9. The van der Waals surface area contributed by atoms with Crippen LogP contribution in [0.5, 0.6) is 0 Å².